The number of aromatic nitrogens is 3. The average molecular weight is 339 g/mol. The highest BCUT2D eigenvalue weighted by Gasteiger charge is 2.29. The molecule has 0 N–H and O–H groups in total. The molecule has 0 spiro atoms. The summed E-state index contributed by atoms with van der Waals surface area (Å²) in [6.07, 6.45) is 3.85. The van der Waals surface area contributed by atoms with Crippen LogP contribution in [-0.2, 0) is 22.7 Å². The van der Waals surface area contributed by atoms with Gasteiger partial charge < -0.3 is 4.42 Å². The van der Waals surface area contributed by atoms with Gasteiger partial charge in [0.25, 0.3) is 5.22 Å². The minimum Gasteiger partial charge on any atom is -0.416 e. The van der Waals surface area contributed by atoms with Crippen LogP contribution in [0.15, 0.2) is 34.0 Å². The van der Waals surface area contributed by atoms with E-state index in [1.54, 1.807) is 6.20 Å². The molecule has 0 saturated carbocycles. The van der Waals surface area contributed by atoms with E-state index in [-0.39, 0.29) is 17.4 Å². The van der Waals surface area contributed by atoms with Crippen LogP contribution < -0.4 is 0 Å². The predicted octanol–water partition coefficient (Wildman–Crippen LogP) is 1.78. The number of hydrogen-bond acceptors (Lipinski definition) is 7. The van der Waals surface area contributed by atoms with Gasteiger partial charge in [-0.15, -0.1) is 10.2 Å². The molecule has 2 aromatic rings. The summed E-state index contributed by atoms with van der Waals surface area (Å²) in [6, 6.07) is 5.85. The van der Waals surface area contributed by atoms with Gasteiger partial charge in [0.15, 0.2) is 9.84 Å². The molecule has 118 valence electrons. The molecule has 22 heavy (non-hydrogen) atoms. The standard InChI is InChI=1S/C14H17N3O3S2/c18-22(19)8-5-11(10-22)9-13-16-17-14(20-13)21-7-4-12-3-1-2-6-15-12/h1-3,6,11H,4-5,7-10H2. The normalized spacial score (nSPS) is 20.3. The molecule has 3 rings (SSSR count). The van der Waals surface area contributed by atoms with Crippen LogP contribution in [0.3, 0.4) is 0 Å². The Kier molecular flexibility index (Phi) is 4.77. The summed E-state index contributed by atoms with van der Waals surface area (Å²) in [6.45, 7) is 0. The smallest absolute Gasteiger partial charge is 0.276 e. The molecular weight excluding hydrogens is 322 g/mol. The lowest BCUT2D eigenvalue weighted by Crippen LogP contribution is -2.07. The summed E-state index contributed by atoms with van der Waals surface area (Å²) in [5, 5.41) is 8.54. The van der Waals surface area contributed by atoms with Crippen LogP contribution in [0.5, 0.6) is 0 Å². The second kappa shape index (κ2) is 6.78. The first-order valence-electron chi connectivity index (χ1n) is 7.16. The lowest BCUT2D eigenvalue weighted by Gasteiger charge is -2.01. The second-order valence-corrected chi connectivity index (χ2v) is 8.63. The largest absolute Gasteiger partial charge is 0.416 e. The maximum Gasteiger partial charge on any atom is 0.276 e. The number of rotatable bonds is 6. The molecule has 1 aliphatic heterocycles. The third kappa shape index (κ3) is 4.30. The summed E-state index contributed by atoms with van der Waals surface area (Å²) < 4.78 is 28.4. The second-order valence-electron chi connectivity index (χ2n) is 5.35. The number of thioether (sulfide) groups is 1. The van der Waals surface area contributed by atoms with Crippen LogP contribution >= 0.6 is 11.8 Å². The number of nitrogens with zero attached hydrogens (tertiary/aromatic N) is 3. The van der Waals surface area contributed by atoms with Crippen molar-refractivity contribution in [2.75, 3.05) is 17.3 Å². The Morgan fingerprint density at radius 2 is 2.23 bits per heavy atom. The minimum atomic E-state index is -2.86. The first kappa shape index (κ1) is 15.5. The molecule has 1 atom stereocenters. The molecule has 0 amide bonds. The van der Waals surface area contributed by atoms with Crippen molar-refractivity contribution in [1.29, 1.82) is 0 Å². The summed E-state index contributed by atoms with van der Waals surface area (Å²) in [5.74, 6) is 1.96. The van der Waals surface area contributed by atoms with Crippen molar-refractivity contribution in [1.82, 2.24) is 15.2 Å². The molecule has 0 aliphatic carbocycles. The third-order valence-electron chi connectivity index (χ3n) is 3.55. The van der Waals surface area contributed by atoms with Crippen LogP contribution in [0.4, 0.5) is 0 Å². The number of sulfone groups is 1. The van der Waals surface area contributed by atoms with Crippen LogP contribution in [0.2, 0.25) is 0 Å². The zero-order chi connectivity index (χ0) is 15.4. The van der Waals surface area contributed by atoms with E-state index in [1.165, 1.54) is 11.8 Å². The lowest BCUT2D eigenvalue weighted by molar-refractivity contribution is 0.389. The Labute approximate surface area is 133 Å². The van der Waals surface area contributed by atoms with Crippen molar-refractivity contribution >= 4 is 21.6 Å². The molecular formula is C14H17N3O3S2. The molecule has 8 heteroatoms. The molecule has 1 aliphatic rings. The van der Waals surface area contributed by atoms with Crippen molar-refractivity contribution in [2.24, 2.45) is 5.92 Å². The van der Waals surface area contributed by atoms with E-state index < -0.39 is 9.84 Å². The molecule has 1 saturated heterocycles. The summed E-state index contributed by atoms with van der Waals surface area (Å²) in [4.78, 5) is 4.26. The molecule has 6 nitrogen and oxygen atoms in total. The monoisotopic (exact) mass is 339 g/mol. The maximum atomic E-state index is 11.4. The van der Waals surface area contributed by atoms with Gasteiger partial charge in [-0.1, -0.05) is 17.8 Å². The lowest BCUT2D eigenvalue weighted by atomic mass is 10.1. The molecule has 0 aromatic carbocycles. The van der Waals surface area contributed by atoms with E-state index in [4.69, 9.17) is 4.42 Å². The van der Waals surface area contributed by atoms with Gasteiger partial charge in [-0.3, -0.25) is 4.98 Å². The fraction of sp³-hybridized carbons (Fsp3) is 0.500. The van der Waals surface area contributed by atoms with Crippen LogP contribution in [-0.4, -0.2) is 40.9 Å². The fourth-order valence-electron chi connectivity index (χ4n) is 2.45. The average Bonchev–Trinajstić information content (AvgIpc) is 3.07. The highest BCUT2D eigenvalue weighted by Crippen LogP contribution is 2.24. The SMILES string of the molecule is O=S1(=O)CCC(Cc2nnc(SCCc3ccccn3)o2)C1. The van der Waals surface area contributed by atoms with Crippen molar-refractivity contribution in [3.63, 3.8) is 0 Å². The van der Waals surface area contributed by atoms with Crippen LogP contribution in [0, 0.1) is 5.92 Å². The molecule has 3 heterocycles. The van der Waals surface area contributed by atoms with Gasteiger partial charge in [0.1, 0.15) is 0 Å². The Morgan fingerprint density at radius 3 is 2.95 bits per heavy atom. The zero-order valence-electron chi connectivity index (χ0n) is 12.0. The Bertz CT molecular complexity index is 716. The quantitative estimate of drug-likeness (QED) is 0.741. The summed E-state index contributed by atoms with van der Waals surface area (Å²) >= 11 is 1.50. The minimum absolute atomic E-state index is 0.108. The van der Waals surface area contributed by atoms with E-state index >= 15 is 0 Å². The Hall–Kier alpha value is -1.41. The zero-order valence-corrected chi connectivity index (χ0v) is 13.6. The topological polar surface area (TPSA) is 86.0 Å². The van der Waals surface area contributed by atoms with Crippen molar-refractivity contribution in [3.8, 4) is 0 Å². The van der Waals surface area contributed by atoms with Crippen molar-refractivity contribution in [2.45, 2.75) is 24.5 Å². The van der Waals surface area contributed by atoms with Gasteiger partial charge in [0.2, 0.25) is 5.89 Å². The van der Waals surface area contributed by atoms with Crippen LogP contribution in [0.1, 0.15) is 18.0 Å². The number of aryl methyl sites for hydroxylation is 1. The van der Waals surface area contributed by atoms with Crippen LogP contribution in [0.25, 0.3) is 0 Å². The summed E-state index contributed by atoms with van der Waals surface area (Å²) in [5.41, 5.74) is 1.03. The van der Waals surface area contributed by atoms with Gasteiger partial charge in [-0.2, -0.15) is 0 Å². The fourth-order valence-corrected chi connectivity index (χ4v) is 5.05. The highest BCUT2D eigenvalue weighted by molar-refractivity contribution is 7.99. The van der Waals surface area contributed by atoms with Gasteiger partial charge >= 0.3 is 0 Å². The number of pyridine rings is 1. The third-order valence-corrected chi connectivity index (χ3v) is 6.21. The first-order valence-corrected chi connectivity index (χ1v) is 9.97. The molecule has 0 bridgehead atoms. The van der Waals surface area contributed by atoms with Gasteiger partial charge in [0, 0.05) is 24.1 Å². The Morgan fingerprint density at radius 1 is 1.32 bits per heavy atom. The van der Waals surface area contributed by atoms with E-state index in [0.29, 0.717) is 24.0 Å². The summed E-state index contributed by atoms with van der Waals surface area (Å²) in [7, 11) is -2.86. The predicted molar refractivity (Wildman–Crippen MR) is 83.4 cm³/mol. The maximum absolute atomic E-state index is 11.4. The number of hydrogen-bond donors (Lipinski definition) is 0. The van der Waals surface area contributed by atoms with E-state index in [9.17, 15) is 8.42 Å². The van der Waals surface area contributed by atoms with E-state index in [1.807, 2.05) is 18.2 Å². The highest BCUT2D eigenvalue weighted by atomic mass is 32.2. The molecule has 1 fully saturated rings. The molecule has 0 radical (unpaired) electrons. The van der Waals surface area contributed by atoms with E-state index in [0.717, 1.165) is 17.9 Å². The first-order chi connectivity index (χ1) is 10.6. The van der Waals surface area contributed by atoms with Crippen molar-refractivity contribution < 1.29 is 12.8 Å². The van der Waals surface area contributed by atoms with Gasteiger partial charge in [-0.05, 0) is 30.9 Å². The van der Waals surface area contributed by atoms with Crippen molar-refractivity contribution in [3.05, 3.63) is 36.0 Å². The van der Waals surface area contributed by atoms with Gasteiger partial charge in [-0.25, -0.2) is 8.42 Å². The van der Waals surface area contributed by atoms with Gasteiger partial charge in [0.05, 0.1) is 11.5 Å². The molecule has 2 aromatic heterocycles. The Balaban J connectivity index is 1.47. The molecule has 1 unspecified atom stereocenters. The van der Waals surface area contributed by atoms with E-state index in [2.05, 4.69) is 15.2 Å².